The average Bonchev–Trinajstić information content (AvgIpc) is 2.99. The van der Waals surface area contributed by atoms with Gasteiger partial charge in [0.25, 0.3) is 0 Å². The molecule has 0 aromatic rings. The number of hydrogen-bond acceptors (Lipinski definition) is 3. The van der Waals surface area contributed by atoms with Crippen LogP contribution in [-0.2, 0) is 4.74 Å². The number of ether oxygens (including phenoxy) is 1. The van der Waals surface area contributed by atoms with E-state index in [0.29, 0.717) is 12.0 Å². The average molecular weight is 283 g/mol. The molecule has 2 heterocycles. The number of amides is 2. The van der Waals surface area contributed by atoms with Crippen molar-refractivity contribution in [3.8, 4) is 0 Å². The van der Waals surface area contributed by atoms with Gasteiger partial charge < -0.3 is 19.9 Å². The van der Waals surface area contributed by atoms with Gasteiger partial charge >= 0.3 is 6.03 Å². The number of nitrogens with one attached hydrogen (secondary N) is 1. The van der Waals surface area contributed by atoms with Gasteiger partial charge in [-0.1, -0.05) is 0 Å². The van der Waals surface area contributed by atoms with E-state index in [-0.39, 0.29) is 12.1 Å². The molecular formula is C15H29N3O2. The SMILES string of the molecule is CC(CC1CCCO1)NC(=O)N1CCC(CN(C)C)C1. The molecular weight excluding hydrogens is 254 g/mol. The first-order valence-electron chi connectivity index (χ1n) is 7.86. The van der Waals surface area contributed by atoms with Gasteiger partial charge in [0.1, 0.15) is 0 Å². The highest BCUT2D eigenvalue weighted by Gasteiger charge is 2.27. The summed E-state index contributed by atoms with van der Waals surface area (Å²) in [7, 11) is 4.18. The van der Waals surface area contributed by atoms with Crippen molar-refractivity contribution in [2.45, 2.75) is 44.8 Å². The van der Waals surface area contributed by atoms with Crippen LogP contribution in [-0.4, -0.2) is 68.3 Å². The van der Waals surface area contributed by atoms with E-state index >= 15 is 0 Å². The molecule has 0 aromatic heterocycles. The van der Waals surface area contributed by atoms with Crippen molar-refractivity contribution in [2.24, 2.45) is 5.92 Å². The van der Waals surface area contributed by atoms with Crippen molar-refractivity contribution in [1.82, 2.24) is 15.1 Å². The topological polar surface area (TPSA) is 44.8 Å². The maximum Gasteiger partial charge on any atom is 0.317 e. The van der Waals surface area contributed by atoms with Crippen LogP contribution < -0.4 is 5.32 Å². The standard InChI is InChI=1S/C15H29N3O2/c1-12(9-14-5-4-8-20-14)16-15(19)18-7-6-13(11-18)10-17(2)3/h12-14H,4-11H2,1-3H3,(H,16,19). The highest BCUT2D eigenvalue weighted by Crippen LogP contribution is 2.19. The van der Waals surface area contributed by atoms with Gasteiger partial charge in [-0.15, -0.1) is 0 Å². The Labute approximate surface area is 122 Å². The second-order valence-corrected chi connectivity index (χ2v) is 6.58. The lowest BCUT2D eigenvalue weighted by atomic mass is 10.1. The summed E-state index contributed by atoms with van der Waals surface area (Å²) in [4.78, 5) is 16.4. The molecule has 2 saturated heterocycles. The molecule has 0 bridgehead atoms. The van der Waals surface area contributed by atoms with Crippen LogP contribution in [0.1, 0.15) is 32.6 Å². The van der Waals surface area contributed by atoms with E-state index < -0.39 is 0 Å². The van der Waals surface area contributed by atoms with E-state index in [0.717, 1.165) is 51.9 Å². The van der Waals surface area contributed by atoms with Crippen molar-refractivity contribution >= 4 is 6.03 Å². The van der Waals surface area contributed by atoms with Gasteiger partial charge in [-0.05, 0) is 52.6 Å². The molecule has 2 aliphatic heterocycles. The number of likely N-dealkylation sites (tertiary alicyclic amines) is 1. The fraction of sp³-hybridized carbons (Fsp3) is 0.933. The van der Waals surface area contributed by atoms with Crippen LogP contribution in [0.2, 0.25) is 0 Å². The number of carbonyl (C=O) groups excluding carboxylic acids is 1. The molecule has 2 rings (SSSR count). The third-order valence-corrected chi connectivity index (χ3v) is 4.21. The molecule has 0 spiro atoms. The first kappa shape index (κ1) is 15.6. The van der Waals surface area contributed by atoms with E-state index in [1.807, 2.05) is 4.90 Å². The molecule has 5 heteroatoms. The van der Waals surface area contributed by atoms with E-state index in [4.69, 9.17) is 4.74 Å². The van der Waals surface area contributed by atoms with Gasteiger partial charge in [0, 0.05) is 32.3 Å². The van der Waals surface area contributed by atoms with Crippen LogP contribution in [0.5, 0.6) is 0 Å². The summed E-state index contributed by atoms with van der Waals surface area (Å²) in [5.41, 5.74) is 0. The molecule has 2 fully saturated rings. The fourth-order valence-corrected chi connectivity index (χ4v) is 3.27. The Kier molecular flexibility index (Phi) is 5.66. The Morgan fingerprint density at radius 3 is 2.90 bits per heavy atom. The Bertz CT molecular complexity index is 316. The summed E-state index contributed by atoms with van der Waals surface area (Å²) in [5.74, 6) is 0.615. The van der Waals surface area contributed by atoms with Crippen molar-refractivity contribution in [2.75, 3.05) is 40.3 Å². The maximum absolute atomic E-state index is 12.2. The molecule has 0 aliphatic carbocycles. The lowest BCUT2D eigenvalue weighted by molar-refractivity contribution is 0.0963. The minimum Gasteiger partial charge on any atom is -0.378 e. The predicted octanol–water partition coefficient (Wildman–Crippen LogP) is 1.54. The molecule has 2 amide bonds. The van der Waals surface area contributed by atoms with Crippen LogP contribution >= 0.6 is 0 Å². The van der Waals surface area contributed by atoms with Crippen molar-refractivity contribution in [3.63, 3.8) is 0 Å². The number of hydrogen-bond donors (Lipinski definition) is 1. The quantitative estimate of drug-likeness (QED) is 0.832. The zero-order valence-electron chi connectivity index (χ0n) is 13.1. The molecule has 0 saturated carbocycles. The summed E-state index contributed by atoms with van der Waals surface area (Å²) in [5, 5.41) is 3.12. The zero-order chi connectivity index (χ0) is 14.5. The predicted molar refractivity (Wildman–Crippen MR) is 79.8 cm³/mol. The first-order chi connectivity index (χ1) is 9.54. The van der Waals surface area contributed by atoms with E-state index in [1.165, 1.54) is 0 Å². The molecule has 116 valence electrons. The van der Waals surface area contributed by atoms with Crippen molar-refractivity contribution in [1.29, 1.82) is 0 Å². The van der Waals surface area contributed by atoms with Gasteiger partial charge in [0.05, 0.1) is 6.10 Å². The van der Waals surface area contributed by atoms with Gasteiger partial charge in [-0.2, -0.15) is 0 Å². The van der Waals surface area contributed by atoms with E-state index in [2.05, 4.69) is 31.2 Å². The summed E-state index contributed by atoms with van der Waals surface area (Å²) in [6.45, 7) is 5.79. The summed E-state index contributed by atoms with van der Waals surface area (Å²) >= 11 is 0. The number of carbonyl (C=O) groups is 1. The summed E-state index contributed by atoms with van der Waals surface area (Å²) < 4.78 is 5.62. The minimum atomic E-state index is 0.0942. The maximum atomic E-state index is 12.2. The third-order valence-electron chi connectivity index (χ3n) is 4.21. The highest BCUT2D eigenvalue weighted by molar-refractivity contribution is 5.74. The normalized spacial score (nSPS) is 28.1. The summed E-state index contributed by atoms with van der Waals surface area (Å²) in [6, 6.07) is 0.287. The van der Waals surface area contributed by atoms with Crippen molar-refractivity contribution < 1.29 is 9.53 Å². The molecule has 3 atom stereocenters. The number of rotatable bonds is 5. The lowest BCUT2D eigenvalue weighted by Crippen LogP contribution is -2.44. The van der Waals surface area contributed by atoms with Crippen LogP contribution in [0.25, 0.3) is 0 Å². The molecule has 20 heavy (non-hydrogen) atoms. The highest BCUT2D eigenvalue weighted by atomic mass is 16.5. The number of nitrogens with zero attached hydrogens (tertiary/aromatic N) is 2. The summed E-state index contributed by atoms with van der Waals surface area (Å²) in [6.07, 6.45) is 4.68. The Morgan fingerprint density at radius 2 is 2.25 bits per heavy atom. The minimum absolute atomic E-state index is 0.0942. The lowest BCUT2D eigenvalue weighted by Gasteiger charge is -2.23. The second-order valence-electron chi connectivity index (χ2n) is 6.58. The van der Waals surface area contributed by atoms with Crippen LogP contribution in [0.3, 0.4) is 0 Å². The number of urea groups is 1. The molecule has 0 aromatic carbocycles. The molecule has 5 nitrogen and oxygen atoms in total. The van der Waals surface area contributed by atoms with Gasteiger partial charge in [0.2, 0.25) is 0 Å². The Hall–Kier alpha value is -0.810. The van der Waals surface area contributed by atoms with Crippen LogP contribution in [0.15, 0.2) is 0 Å². The van der Waals surface area contributed by atoms with E-state index in [9.17, 15) is 4.79 Å². The van der Waals surface area contributed by atoms with Crippen molar-refractivity contribution in [3.05, 3.63) is 0 Å². The van der Waals surface area contributed by atoms with Crippen LogP contribution in [0.4, 0.5) is 4.79 Å². The molecule has 0 radical (unpaired) electrons. The Morgan fingerprint density at radius 1 is 1.45 bits per heavy atom. The van der Waals surface area contributed by atoms with Gasteiger partial charge in [-0.3, -0.25) is 0 Å². The first-order valence-corrected chi connectivity index (χ1v) is 7.86. The van der Waals surface area contributed by atoms with E-state index in [1.54, 1.807) is 0 Å². The third kappa shape index (κ3) is 4.63. The molecule has 1 N–H and O–H groups in total. The van der Waals surface area contributed by atoms with Gasteiger partial charge in [-0.25, -0.2) is 4.79 Å². The fourth-order valence-electron chi connectivity index (χ4n) is 3.27. The van der Waals surface area contributed by atoms with Gasteiger partial charge in [0.15, 0.2) is 0 Å². The Balaban J connectivity index is 1.69. The molecule has 2 aliphatic rings. The monoisotopic (exact) mass is 283 g/mol. The van der Waals surface area contributed by atoms with Crippen LogP contribution in [0, 0.1) is 5.92 Å². The second kappa shape index (κ2) is 7.27. The smallest absolute Gasteiger partial charge is 0.317 e. The molecule has 3 unspecified atom stereocenters. The zero-order valence-corrected chi connectivity index (χ0v) is 13.1. The largest absolute Gasteiger partial charge is 0.378 e.